The normalized spacial score (nSPS) is 10.9. The van der Waals surface area contributed by atoms with E-state index in [1.165, 1.54) is 0 Å². The molecule has 0 aliphatic carbocycles. The third kappa shape index (κ3) is 2.23. The van der Waals surface area contributed by atoms with Crippen molar-refractivity contribution >= 4 is 17.9 Å². The predicted molar refractivity (Wildman–Crippen MR) is 57.4 cm³/mol. The molecule has 16 heavy (non-hydrogen) atoms. The number of ether oxygens (including phenoxy) is 1. The van der Waals surface area contributed by atoms with Gasteiger partial charge in [-0.3, -0.25) is 0 Å². The van der Waals surface area contributed by atoms with Crippen molar-refractivity contribution in [3.8, 4) is 6.07 Å². The molecule has 0 atom stereocenters. The van der Waals surface area contributed by atoms with Gasteiger partial charge in [-0.1, -0.05) is 0 Å². The highest BCUT2D eigenvalue weighted by Crippen LogP contribution is 2.18. The number of imidazole rings is 1. The molecule has 0 aromatic carbocycles. The van der Waals surface area contributed by atoms with Crippen LogP contribution in [0, 0.1) is 11.3 Å². The number of nitrogens with zero attached hydrogens (tertiary/aromatic N) is 3. The minimum Gasteiger partial charge on any atom is -0.443 e. The minimum absolute atomic E-state index is 0.0941. The van der Waals surface area contributed by atoms with Crippen LogP contribution in [0.5, 0.6) is 0 Å². The standard InChI is InChI=1S/C9H13N5O2/c1-9(2,3)16-8(15)14-6(11)5(4-10)13-7(14)12/h11H2,1-3H3,(H2,12,13). The Hall–Kier alpha value is -2.23. The summed E-state index contributed by atoms with van der Waals surface area (Å²) in [5.41, 5.74) is 10.2. The van der Waals surface area contributed by atoms with Crippen molar-refractivity contribution in [3.05, 3.63) is 5.69 Å². The van der Waals surface area contributed by atoms with Gasteiger partial charge in [-0.2, -0.15) is 14.8 Å². The molecule has 4 N–H and O–H groups in total. The summed E-state index contributed by atoms with van der Waals surface area (Å²) in [6.07, 6.45) is -0.753. The Kier molecular flexibility index (Phi) is 2.76. The van der Waals surface area contributed by atoms with Gasteiger partial charge in [-0.05, 0) is 20.8 Å². The molecule has 0 amide bonds. The fourth-order valence-corrected chi connectivity index (χ4v) is 1.03. The summed E-state index contributed by atoms with van der Waals surface area (Å²) in [5.74, 6) is -0.280. The van der Waals surface area contributed by atoms with Gasteiger partial charge in [0.15, 0.2) is 11.5 Å². The summed E-state index contributed by atoms with van der Waals surface area (Å²) in [6, 6.07) is 1.73. The summed E-state index contributed by atoms with van der Waals surface area (Å²) < 4.78 is 5.92. The second-order valence-electron chi connectivity index (χ2n) is 4.13. The van der Waals surface area contributed by atoms with Gasteiger partial charge in [0, 0.05) is 0 Å². The van der Waals surface area contributed by atoms with Crippen molar-refractivity contribution in [2.45, 2.75) is 26.4 Å². The largest absolute Gasteiger partial charge is 0.443 e. The van der Waals surface area contributed by atoms with Crippen molar-refractivity contribution in [2.24, 2.45) is 0 Å². The highest BCUT2D eigenvalue weighted by Gasteiger charge is 2.23. The zero-order valence-electron chi connectivity index (χ0n) is 9.31. The lowest BCUT2D eigenvalue weighted by atomic mass is 10.2. The molecule has 1 heterocycles. The van der Waals surface area contributed by atoms with E-state index in [-0.39, 0.29) is 17.5 Å². The van der Waals surface area contributed by atoms with Crippen LogP contribution in [0.4, 0.5) is 16.6 Å². The van der Waals surface area contributed by atoms with Gasteiger partial charge < -0.3 is 16.2 Å². The van der Waals surface area contributed by atoms with Crippen molar-refractivity contribution in [1.29, 1.82) is 5.26 Å². The lowest BCUT2D eigenvalue weighted by Gasteiger charge is -2.19. The predicted octanol–water partition coefficient (Wildman–Crippen LogP) is 0.702. The second-order valence-corrected chi connectivity index (χ2v) is 4.13. The molecule has 1 aromatic rings. The summed E-state index contributed by atoms with van der Waals surface area (Å²) in [5, 5.41) is 8.66. The van der Waals surface area contributed by atoms with E-state index >= 15 is 0 Å². The lowest BCUT2D eigenvalue weighted by molar-refractivity contribution is 0.0544. The van der Waals surface area contributed by atoms with E-state index in [9.17, 15) is 4.79 Å². The molecule has 0 bridgehead atoms. The lowest BCUT2D eigenvalue weighted by Crippen LogP contribution is -2.28. The topological polar surface area (TPSA) is 120 Å². The molecule has 0 spiro atoms. The number of nitrogen functional groups attached to an aromatic ring is 2. The monoisotopic (exact) mass is 223 g/mol. The fraction of sp³-hybridized carbons (Fsp3) is 0.444. The Balaban J connectivity index is 3.11. The van der Waals surface area contributed by atoms with Crippen molar-refractivity contribution in [3.63, 3.8) is 0 Å². The molecule has 7 heteroatoms. The Morgan fingerprint density at radius 1 is 1.50 bits per heavy atom. The molecule has 7 nitrogen and oxygen atoms in total. The number of hydrogen-bond donors (Lipinski definition) is 2. The summed E-state index contributed by atoms with van der Waals surface area (Å²) in [6.45, 7) is 5.12. The Labute approximate surface area is 92.6 Å². The molecular formula is C9H13N5O2. The Morgan fingerprint density at radius 3 is 2.44 bits per heavy atom. The van der Waals surface area contributed by atoms with E-state index in [1.54, 1.807) is 26.8 Å². The average molecular weight is 223 g/mol. The van der Waals surface area contributed by atoms with Crippen LogP contribution >= 0.6 is 0 Å². The van der Waals surface area contributed by atoms with E-state index in [2.05, 4.69) is 4.98 Å². The smallest absolute Gasteiger partial charge is 0.423 e. The van der Waals surface area contributed by atoms with Crippen LogP contribution in [0.1, 0.15) is 26.5 Å². The number of hydrogen-bond acceptors (Lipinski definition) is 6. The zero-order valence-corrected chi connectivity index (χ0v) is 9.31. The van der Waals surface area contributed by atoms with Gasteiger partial charge in [0.05, 0.1) is 0 Å². The molecular weight excluding hydrogens is 210 g/mol. The molecule has 0 fully saturated rings. The first-order valence-electron chi connectivity index (χ1n) is 4.53. The zero-order chi connectivity index (χ0) is 12.5. The van der Waals surface area contributed by atoms with Crippen LogP contribution in [-0.4, -0.2) is 21.2 Å². The van der Waals surface area contributed by atoms with Crippen LogP contribution in [0.15, 0.2) is 0 Å². The van der Waals surface area contributed by atoms with Crippen LogP contribution < -0.4 is 11.5 Å². The first-order chi connectivity index (χ1) is 7.26. The number of aromatic nitrogens is 2. The van der Waals surface area contributed by atoms with E-state index in [1.807, 2.05) is 0 Å². The summed E-state index contributed by atoms with van der Waals surface area (Å²) in [7, 11) is 0. The van der Waals surface area contributed by atoms with Gasteiger partial charge in [-0.25, -0.2) is 4.79 Å². The van der Waals surface area contributed by atoms with Gasteiger partial charge in [0.2, 0.25) is 5.95 Å². The number of carbonyl (C=O) groups is 1. The molecule has 0 saturated carbocycles. The Bertz CT molecular complexity index is 463. The molecule has 0 saturated heterocycles. The number of carbonyl (C=O) groups excluding carboxylic acids is 1. The van der Waals surface area contributed by atoms with E-state index in [0.717, 1.165) is 4.57 Å². The molecule has 0 unspecified atom stereocenters. The minimum atomic E-state index is -0.753. The Morgan fingerprint density at radius 2 is 2.06 bits per heavy atom. The average Bonchev–Trinajstić information content (AvgIpc) is 2.38. The highest BCUT2D eigenvalue weighted by atomic mass is 16.6. The SMILES string of the molecule is CC(C)(C)OC(=O)n1c(N)nc(C#N)c1N. The van der Waals surface area contributed by atoms with E-state index in [0.29, 0.717) is 0 Å². The van der Waals surface area contributed by atoms with Crippen molar-refractivity contribution in [2.75, 3.05) is 11.5 Å². The van der Waals surface area contributed by atoms with Gasteiger partial charge >= 0.3 is 6.09 Å². The van der Waals surface area contributed by atoms with Gasteiger partial charge in [-0.15, -0.1) is 0 Å². The van der Waals surface area contributed by atoms with Crippen molar-refractivity contribution < 1.29 is 9.53 Å². The van der Waals surface area contributed by atoms with Crippen LogP contribution in [0.25, 0.3) is 0 Å². The molecule has 86 valence electrons. The fourth-order valence-electron chi connectivity index (χ4n) is 1.03. The number of nitriles is 1. The summed E-state index contributed by atoms with van der Waals surface area (Å²) in [4.78, 5) is 15.3. The molecule has 1 rings (SSSR count). The maximum atomic E-state index is 11.7. The maximum Gasteiger partial charge on any atom is 0.423 e. The molecule has 0 aliphatic rings. The maximum absolute atomic E-state index is 11.7. The first kappa shape index (κ1) is 11.8. The quantitative estimate of drug-likeness (QED) is 0.668. The van der Waals surface area contributed by atoms with Crippen LogP contribution in [0.2, 0.25) is 0 Å². The van der Waals surface area contributed by atoms with Gasteiger partial charge in [0.1, 0.15) is 11.7 Å². The molecule has 0 aliphatic heterocycles. The third-order valence-corrected chi connectivity index (χ3v) is 1.62. The van der Waals surface area contributed by atoms with E-state index < -0.39 is 11.7 Å². The highest BCUT2D eigenvalue weighted by molar-refractivity contribution is 5.80. The van der Waals surface area contributed by atoms with E-state index in [4.69, 9.17) is 21.5 Å². The van der Waals surface area contributed by atoms with Crippen LogP contribution in [0.3, 0.4) is 0 Å². The first-order valence-corrected chi connectivity index (χ1v) is 4.53. The number of nitrogens with two attached hydrogens (primary N) is 2. The number of anilines is 2. The third-order valence-electron chi connectivity index (χ3n) is 1.62. The van der Waals surface area contributed by atoms with Crippen molar-refractivity contribution in [1.82, 2.24) is 9.55 Å². The van der Waals surface area contributed by atoms with Gasteiger partial charge in [0.25, 0.3) is 0 Å². The second kappa shape index (κ2) is 3.73. The number of rotatable bonds is 0. The van der Waals surface area contributed by atoms with Crippen LogP contribution in [-0.2, 0) is 4.74 Å². The molecule has 1 aromatic heterocycles. The molecule has 0 radical (unpaired) electrons. The summed E-state index contributed by atoms with van der Waals surface area (Å²) >= 11 is 0.